The number of halogens is 1. The van der Waals surface area contributed by atoms with Gasteiger partial charge in [0.25, 0.3) is 0 Å². The maximum atomic E-state index is 13.1. The van der Waals surface area contributed by atoms with E-state index in [1.54, 1.807) is 23.6 Å². The van der Waals surface area contributed by atoms with Crippen molar-refractivity contribution in [2.75, 3.05) is 6.61 Å². The number of carbonyl (C=O) groups is 2. The SMILES string of the molecule is Cc1nnc2n1CC(C(=O)O)N(C(=O)CCCOc1cccc(F)c1)C2. The minimum atomic E-state index is -1.06. The third-order valence-corrected chi connectivity index (χ3v) is 4.26. The highest BCUT2D eigenvalue weighted by molar-refractivity contribution is 5.83. The summed E-state index contributed by atoms with van der Waals surface area (Å²) in [7, 11) is 0. The number of hydrogen-bond donors (Lipinski definition) is 1. The first kappa shape index (κ1) is 17.8. The highest BCUT2D eigenvalue weighted by Crippen LogP contribution is 2.19. The largest absolute Gasteiger partial charge is 0.493 e. The van der Waals surface area contributed by atoms with E-state index in [-0.39, 0.29) is 32.0 Å². The lowest BCUT2D eigenvalue weighted by Gasteiger charge is -2.33. The average Bonchev–Trinajstić information content (AvgIpc) is 2.98. The summed E-state index contributed by atoms with van der Waals surface area (Å²) in [5, 5.41) is 17.4. The Balaban J connectivity index is 1.57. The van der Waals surface area contributed by atoms with Crippen molar-refractivity contribution in [1.82, 2.24) is 19.7 Å². The highest BCUT2D eigenvalue weighted by Gasteiger charge is 2.35. The molecule has 1 aliphatic heterocycles. The van der Waals surface area contributed by atoms with Crippen LogP contribution in [0.5, 0.6) is 5.75 Å². The Morgan fingerprint density at radius 3 is 2.92 bits per heavy atom. The molecule has 0 fully saturated rings. The smallest absolute Gasteiger partial charge is 0.328 e. The summed E-state index contributed by atoms with van der Waals surface area (Å²) in [4.78, 5) is 25.3. The zero-order valence-corrected chi connectivity index (χ0v) is 14.3. The number of fused-ring (bicyclic) bond motifs is 1. The van der Waals surface area contributed by atoms with Crippen molar-refractivity contribution >= 4 is 11.9 Å². The number of carbonyl (C=O) groups excluding carboxylic acids is 1. The minimum absolute atomic E-state index is 0.112. The maximum absolute atomic E-state index is 13.1. The summed E-state index contributed by atoms with van der Waals surface area (Å²) in [5.41, 5.74) is 0. The van der Waals surface area contributed by atoms with Crippen LogP contribution in [0.3, 0.4) is 0 Å². The van der Waals surface area contributed by atoms with Crippen LogP contribution in [0.25, 0.3) is 0 Å². The summed E-state index contributed by atoms with van der Waals surface area (Å²) in [5.74, 6) is -0.149. The van der Waals surface area contributed by atoms with Gasteiger partial charge in [-0.15, -0.1) is 10.2 Å². The fraction of sp³-hybridized carbons (Fsp3) is 0.412. The Bertz CT molecular complexity index is 823. The van der Waals surface area contributed by atoms with Gasteiger partial charge in [-0.3, -0.25) is 4.79 Å². The molecule has 0 saturated carbocycles. The molecule has 1 atom stereocenters. The molecule has 1 aromatic heterocycles. The number of ether oxygens (including phenoxy) is 1. The van der Waals surface area contributed by atoms with Crippen LogP contribution in [0, 0.1) is 12.7 Å². The summed E-state index contributed by atoms with van der Waals surface area (Å²) in [6.45, 7) is 2.23. The average molecular weight is 362 g/mol. The van der Waals surface area contributed by atoms with E-state index in [2.05, 4.69) is 10.2 Å². The molecule has 1 aromatic carbocycles. The van der Waals surface area contributed by atoms with Crippen LogP contribution in [-0.2, 0) is 22.7 Å². The summed E-state index contributed by atoms with van der Waals surface area (Å²) < 4.78 is 20.2. The number of hydrogen-bond acceptors (Lipinski definition) is 5. The molecular weight excluding hydrogens is 343 g/mol. The van der Waals surface area contributed by atoms with Crippen LogP contribution in [0.2, 0.25) is 0 Å². The Labute approximate surface area is 149 Å². The third-order valence-electron chi connectivity index (χ3n) is 4.26. The van der Waals surface area contributed by atoms with E-state index in [1.807, 2.05) is 0 Å². The molecule has 1 amide bonds. The predicted molar refractivity (Wildman–Crippen MR) is 87.9 cm³/mol. The topological polar surface area (TPSA) is 97.5 Å². The van der Waals surface area contributed by atoms with Gasteiger partial charge < -0.3 is 19.3 Å². The van der Waals surface area contributed by atoms with Gasteiger partial charge in [-0.05, 0) is 25.5 Å². The van der Waals surface area contributed by atoms with Crippen molar-refractivity contribution in [3.05, 3.63) is 41.7 Å². The Morgan fingerprint density at radius 2 is 2.19 bits per heavy atom. The Kier molecular flexibility index (Phi) is 5.15. The van der Waals surface area contributed by atoms with Crippen LogP contribution in [-0.4, -0.2) is 49.3 Å². The van der Waals surface area contributed by atoms with Crippen molar-refractivity contribution in [1.29, 1.82) is 0 Å². The zero-order chi connectivity index (χ0) is 18.7. The molecular formula is C17H19FN4O4. The van der Waals surface area contributed by atoms with E-state index < -0.39 is 17.8 Å². The molecule has 0 spiro atoms. The molecule has 2 aromatic rings. The van der Waals surface area contributed by atoms with Crippen molar-refractivity contribution in [3.63, 3.8) is 0 Å². The Hall–Kier alpha value is -2.97. The number of nitrogens with zero attached hydrogens (tertiary/aromatic N) is 4. The summed E-state index contributed by atoms with van der Waals surface area (Å²) in [6.07, 6.45) is 0.524. The normalized spacial score (nSPS) is 16.2. The van der Waals surface area contributed by atoms with Gasteiger partial charge in [0, 0.05) is 12.5 Å². The van der Waals surface area contributed by atoms with Crippen LogP contribution < -0.4 is 4.74 Å². The number of carboxylic acids is 1. The van der Waals surface area contributed by atoms with Gasteiger partial charge >= 0.3 is 5.97 Å². The lowest BCUT2D eigenvalue weighted by molar-refractivity contribution is -0.152. The molecule has 26 heavy (non-hydrogen) atoms. The second-order valence-electron chi connectivity index (χ2n) is 6.06. The number of benzene rings is 1. The third kappa shape index (κ3) is 3.81. The fourth-order valence-corrected chi connectivity index (χ4v) is 2.90. The van der Waals surface area contributed by atoms with E-state index in [1.165, 1.54) is 17.0 Å². The molecule has 2 heterocycles. The van der Waals surface area contributed by atoms with Crippen molar-refractivity contribution in [2.24, 2.45) is 0 Å². The number of aliphatic carboxylic acids is 1. The van der Waals surface area contributed by atoms with Crippen LogP contribution in [0.4, 0.5) is 4.39 Å². The van der Waals surface area contributed by atoms with Crippen LogP contribution in [0.15, 0.2) is 24.3 Å². The van der Waals surface area contributed by atoms with E-state index in [9.17, 15) is 19.1 Å². The monoisotopic (exact) mass is 362 g/mol. The maximum Gasteiger partial charge on any atom is 0.328 e. The molecule has 0 bridgehead atoms. The molecule has 1 unspecified atom stereocenters. The predicted octanol–water partition coefficient (Wildman–Crippen LogP) is 1.38. The first-order valence-electron chi connectivity index (χ1n) is 8.25. The number of rotatable bonds is 6. The van der Waals surface area contributed by atoms with Crippen LogP contribution >= 0.6 is 0 Å². The molecule has 138 valence electrons. The van der Waals surface area contributed by atoms with E-state index in [0.29, 0.717) is 23.8 Å². The first-order valence-corrected chi connectivity index (χ1v) is 8.25. The zero-order valence-electron chi connectivity index (χ0n) is 14.3. The number of amides is 1. The van der Waals surface area contributed by atoms with Gasteiger partial charge in [0.15, 0.2) is 5.82 Å². The summed E-state index contributed by atoms with van der Waals surface area (Å²) in [6, 6.07) is 4.81. The van der Waals surface area contributed by atoms with Gasteiger partial charge in [0.2, 0.25) is 5.91 Å². The lowest BCUT2D eigenvalue weighted by atomic mass is 10.1. The number of aryl methyl sites for hydroxylation is 1. The molecule has 1 N–H and O–H groups in total. The molecule has 1 aliphatic rings. The van der Waals surface area contributed by atoms with Gasteiger partial charge in [-0.25, -0.2) is 9.18 Å². The van der Waals surface area contributed by atoms with E-state index in [0.717, 1.165) is 0 Å². The quantitative estimate of drug-likeness (QED) is 0.780. The molecule has 0 aliphatic carbocycles. The molecule has 8 nitrogen and oxygen atoms in total. The highest BCUT2D eigenvalue weighted by atomic mass is 19.1. The number of carboxylic acid groups (broad SMARTS) is 1. The minimum Gasteiger partial charge on any atom is -0.493 e. The van der Waals surface area contributed by atoms with Crippen molar-refractivity contribution in [3.8, 4) is 5.75 Å². The fourth-order valence-electron chi connectivity index (χ4n) is 2.90. The Morgan fingerprint density at radius 1 is 1.38 bits per heavy atom. The second kappa shape index (κ2) is 7.51. The summed E-state index contributed by atoms with van der Waals surface area (Å²) >= 11 is 0. The standard InChI is InChI=1S/C17H19FN4O4/c1-11-19-20-15-10-22(14(17(24)25)9-21(11)15)16(23)6-3-7-26-13-5-2-4-12(18)8-13/h2,4-5,8,14H,3,6-7,9-10H2,1H3,(H,24,25). The first-order chi connectivity index (χ1) is 12.5. The van der Waals surface area contributed by atoms with E-state index in [4.69, 9.17) is 4.74 Å². The molecule has 3 rings (SSSR count). The van der Waals surface area contributed by atoms with Crippen molar-refractivity contribution < 1.29 is 23.8 Å². The van der Waals surface area contributed by atoms with E-state index >= 15 is 0 Å². The van der Waals surface area contributed by atoms with Gasteiger partial charge in [-0.1, -0.05) is 6.07 Å². The number of aromatic nitrogens is 3. The molecule has 0 radical (unpaired) electrons. The molecule has 0 saturated heterocycles. The van der Waals surface area contributed by atoms with Crippen LogP contribution in [0.1, 0.15) is 24.5 Å². The lowest BCUT2D eigenvalue weighted by Crippen LogP contribution is -2.50. The van der Waals surface area contributed by atoms with Gasteiger partial charge in [-0.2, -0.15) is 0 Å². The molecule has 9 heteroatoms. The van der Waals surface area contributed by atoms with Gasteiger partial charge in [0.05, 0.1) is 19.7 Å². The van der Waals surface area contributed by atoms with Crippen molar-refractivity contribution in [2.45, 2.75) is 38.9 Å². The van der Waals surface area contributed by atoms with Gasteiger partial charge in [0.1, 0.15) is 23.4 Å². The second-order valence-corrected chi connectivity index (χ2v) is 6.06.